The Balaban J connectivity index is 1.59. The summed E-state index contributed by atoms with van der Waals surface area (Å²) in [5.41, 5.74) is 3.80. The highest BCUT2D eigenvalue weighted by atomic mass is 19.3. The molecule has 0 aliphatic carbocycles. The molecule has 0 radical (unpaired) electrons. The largest absolute Gasteiger partial charge is 0.496 e. The number of nitrogens with zero attached hydrogens (tertiary/aromatic N) is 1. The van der Waals surface area contributed by atoms with E-state index in [1.807, 2.05) is 37.4 Å². The van der Waals surface area contributed by atoms with Gasteiger partial charge >= 0.3 is 12.6 Å². The number of H-pyrrole nitrogens is 1. The molecular weight excluding hydrogens is 442 g/mol. The van der Waals surface area contributed by atoms with Crippen LogP contribution in [0.1, 0.15) is 52.7 Å². The minimum absolute atomic E-state index is 0.0663. The Hall–Kier alpha value is -2.97. The smallest absolute Gasteiger partial charge is 0.345 e. The van der Waals surface area contributed by atoms with E-state index in [4.69, 9.17) is 9.47 Å². The van der Waals surface area contributed by atoms with E-state index >= 15 is 0 Å². The van der Waals surface area contributed by atoms with E-state index in [1.165, 1.54) is 0 Å². The highest BCUT2D eigenvalue weighted by Gasteiger charge is 2.53. The van der Waals surface area contributed by atoms with Crippen LogP contribution in [0.15, 0.2) is 42.6 Å². The van der Waals surface area contributed by atoms with Crippen molar-refractivity contribution in [3.8, 4) is 5.75 Å². The third kappa shape index (κ3) is 3.75. The summed E-state index contributed by atoms with van der Waals surface area (Å²) in [6.07, 6.45) is 3.95. The summed E-state index contributed by atoms with van der Waals surface area (Å²) in [6, 6.07) is 11.0. The number of aryl methyl sites for hydroxylation is 1. The molecule has 180 valence electrons. The third-order valence-corrected chi connectivity index (χ3v) is 7.61. The first-order valence-corrected chi connectivity index (χ1v) is 11.5. The molecule has 0 saturated carbocycles. The van der Waals surface area contributed by atoms with Gasteiger partial charge in [-0.15, -0.1) is 0 Å². The number of piperidine rings is 1. The second kappa shape index (κ2) is 8.67. The predicted octanol–water partition coefficient (Wildman–Crippen LogP) is 5.44. The van der Waals surface area contributed by atoms with E-state index in [1.54, 1.807) is 19.2 Å². The van der Waals surface area contributed by atoms with Crippen molar-refractivity contribution in [1.82, 2.24) is 9.88 Å². The zero-order chi connectivity index (χ0) is 24.0. The maximum atomic E-state index is 13.2. The fraction of sp³-hybridized carbons (Fsp3) is 0.423. The second-order valence-electron chi connectivity index (χ2n) is 9.33. The van der Waals surface area contributed by atoms with Gasteiger partial charge < -0.3 is 19.6 Å². The Bertz CT molecular complexity index is 1210. The molecule has 2 aromatic carbocycles. The number of fused-ring (bicyclic) bond motifs is 3. The lowest BCUT2D eigenvalue weighted by atomic mass is 9.79. The molecule has 2 aliphatic heterocycles. The van der Waals surface area contributed by atoms with Crippen LogP contribution in [0.4, 0.5) is 8.78 Å². The molecule has 2 saturated heterocycles. The van der Waals surface area contributed by atoms with Crippen LogP contribution in [0, 0.1) is 6.92 Å². The summed E-state index contributed by atoms with van der Waals surface area (Å²) in [6.45, 7) is -0.197. The normalized spacial score (nSPS) is 24.7. The molecule has 3 unspecified atom stereocenters. The number of nitrogens with one attached hydrogen (secondary N) is 1. The highest BCUT2D eigenvalue weighted by Crippen LogP contribution is 2.53. The van der Waals surface area contributed by atoms with Crippen LogP contribution < -0.4 is 4.74 Å². The molecule has 1 aromatic heterocycles. The number of carboxylic acids is 1. The van der Waals surface area contributed by atoms with Gasteiger partial charge in [0.15, 0.2) is 0 Å². The SMILES string of the molecule is COc1cc(C)c2[nH]ccc2c1CN1C2CCC1(c1ccc(C(=O)O)cc1)CC(OC(F)F)C2. The minimum atomic E-state index is -2.82. The summed E-state index contributed by atoms with van der Waals surface area (Å²) in [4.78, 5) is 17.1. The molecular formula is C26H28F2N2O4. The maximum Gasteiger partial charge on any atom is 0.345 e. The molecule has 3 heterocycles. The van der Waals surface area contributed by atoms with Crippen molar-refractivity contribution in [3.63, 3.8) is 0 Å². The van der Waals surface area contributed by atoms with Gasteiger partial charge in [-0.1, -0.05) is 12.1 Å². The van der Waals surface area contributed by atoms with Crippen molar-refractivity contribution in [1.29, 1.82) is 0 Å². The number of alkyl halides is 2. The number of methoxy groups -OCH3 is 1. The van der Waals surface area contributed by atoms with Gasteiger partial charge in [0.25, 0.3) is 0 Å². The van der Waals surface area contributed by atoms with E-state index in [2.05, 4.69) is 9.88 Å². The quantitative estimate of drug-likeness (QED) is 0.481. The highest BCUT2D eigenvalue weighted by molar-refractivity contribution is 5.88. The van der Waals surface area contributed by atoms with E-state index in [-0.39, 0.29) is 11.6 Å². The molecule has 5 rings (SSSR count). The van der Waals surface area contributed by atoms with Gasteiger partial charge in [0.05, 0.1) is 18.8 Å². The summed E-state index contributed by atoms with van der Waals surface area (Å²) >= 11 is 0. The molecule has 0 amide bonds. The monoisotopic (exact) mass is 470 g/mol. The average Bonchev–Trinajstić information content (AvgIpc) is 3.37. The van der Waals surface area contributed by atoms with Gasteiger partial charge in [-0.25, -0.2) is 4.79 Å². The standard InChI is InChI=1S/C26H28F2N2O4/c1-15-11-22(33-2)21(20-8-10-29-23(15)20)14-30-18-7-9-26(30,13-19(12-18)34-25(27)28)17-5-3-16(4-6-17)24(31)32/h3-6,8,10-11,18-19,25,29H,7,9,12-14H2,1-2H3,(H,31,32). The van der Waals surface area contributed by atoms with Crippen LogP contribution in [-0.4, -0.2) is 46.8 Å². The first-order chi connectivity index (χ1) is 16.3. The first kappa shape index (κ1) is 22.8. The summed E-state index contributed by atoms with van der Waals surface area (Å²) < 4.78 is 37.1. The van der Waals surface area contributed by atoms with E-state index in [0.717, 1.165) is 46.2 Å². The lowest BCUT2D eigenvalue weighted by Gasteiger charge is -2.48. The molecule has 0 spiro atoms. The Morgan fingerprint density at radius 3 is 2.74 bits per heavy atom. The van der Waals surface area contributed by atoms with Gasteiger partial charge in [0.2, 0.25) is 0 Å². The molecule has 3 aromatic rings. The van der Waals surface area contributed by atoms with Gasteiger partial charge in [0, 0.05) is 40.8 Å². The number of hydrogen-bond acceptors (Lipinski definition) is 4. The lowest BCUT2D eigenvalue weighted by molar-refractivity contribution is -0.188. The molecule has 2 aliphatic rings. The number of rotatable bonds is 7. The number of aromatic carboxylic acids is 1. The van der Waals surface area contributed by atoms with Crippen molar-refractivity contribution in [2.24, 2.45) is 0 Å². The zero-order valence-corrected chi connectivity index (χ0v) is 19.2. The number of benzene rings is 2. The van der Waals surface area contributed by atoms with Gasteiger partial charge in [-0.2, -0.15) is 8.78 Å². The number of aromatic amines is 1. The van der Waals surface area contributed by atoms with Crippen molar-refractivity contribution in [2.45, 2.75) is 63.4 Å². The Morgan fingerprint density at radius 2 is 2.06 bits per heavy atom. The number of ether oxygens (including phenoxy) is 2. The third-order valence-electron chi connectivity index (χ3n) is 7.61. The molecule has 2 bridgehead atoms. The second-order valence-corrected chi connectivity index (χ2v) is 9.33. The molecule has 34 heavy (non-hydrogen) atoms. The Kier molecular flexibility index (Phi) is 5.81. The topological polar surface area (TPSA) is 74.8 Å². The Labute approximate surface area is 196 Å². The van der Waals surface area contributed by atoms with Crippen molar-refractivity contribution >= 4 is 16.9 Å². The van der Waals surface area contributed by atoms with E-state index in [9.17, 15) is 18.7 Å². The summed E-state index contributed by atoms with van der Waals surface area (Å²) in [5, 5.41) is 10.4. The number of hydrogen-bond donors (Lipinski definition) is 2. The van der Waals surface area contributed by atoms with E-state index < -0.39 is 24.2 Å². The van der Waals surface area contributed by atoms with Crippen molar-refractivity contribution in [3.05, 3.63) is 64.8 Å². The molecule has 2 fully saturated rings. The Morgan fingerprint density at radius 1 is 1.29 bits per heavy atom. The lowest BCUT2D eigenvalue weighted by Crippen LogP contribution is -2.52. The molecule has 6 nitrogen and oxygen atoms in total. The van der Waals surface area contributed by atoms with Crippen LogP contribution in [-0.2, 0) is 16.8 Å². The van der Waals surface area contributed by atoms with Crippen LogP contribution in [0.3, 0.4) is 0 Å². The number of carboxylic acid groups (broad SMARTS) is 1. The van der Waals surface area contributed by atoms with Gasteiger partial charge in [0.1, 0.15) is 5.75 Å². The van der Waals surface area contributed by atoms with Crippen molar-refractivity contribution in [2.75, 3.05) is 7.11 Å². The molecule has 8 heteroatoms. The van der Waals surface area contributed by atoms with Crippen LogP contribution in [0.2, 0.25) is 0 Å². The summed E-state index contributed by atoms with van der Waals surface area (Å²) in [5.74, 6) is -0.196. The van der Waals surface area contributed by atoms with Gasteiger partial charge in [-0.3, -0.25) is 4.90 Å². The maximum absolute atomic E-state index is 13.2. The van der Waals surface area contributed by atoms with Gasteiger partial charge in [-0.05, 0) is 68.0 Å². The van der Waals surface area contributed by atoms with Crippen LogP contribution in [0.5, 0.6) is 5.75 Å². The van der Waals surface area contributed by atoms with Crippen LogP contribution in [0.25, 0.3) is 10.9 Å². The number of carbonyl (C=O) groups is 1. The van der Waals surface area contributed by atoms with E-state index in [0.29, 0.717) is 19.4 Å². The zero-order valence-electron chi connectivity index (χ0n) is 19.2. The first-order valence-electron chi connectivity index (χ1n) is 11.5. The fourth-order valence-corrected chi connectivity index (χ4v) is 6.11. The fourth-order valence-electron chi connectivity index (χ4n) is 6.11. The average molecular weight is 471 g/mol. The summed E-state index contributed by atoms with van der Waals surface area (Å²) in [7, 11) is 1.66. The molecule has 2 N–H and O–H groups in total. The van der Waals surface area contributed by atoms with Crippen molar-refractivity contribution < 1.29 is 28.2 Å². The number of halogens is 2. The number of aromatic nitrogens is 1. The molecule has 3 atom stereocenters. The predicted molar refractivity (Wildman–Crippen MR) is 123 cm³/mol. The van der Waals surface area contributed by atoms with Crippen LogP contribution >= 0.6 is 0 Å². The minimum Gasteiger partial charge on any atom is -0.496 e.